The van der Waals surface area contributed by atoms with E-state index in [1.54, 1.807) is 18.3 Å². The molecule has 0 aliphatic heterocycles. The Labute approximate surface area is 133 Å². The zero-order chi connectivity index (χ0) is 15.6. The molecule has 0 radical (unpaired) electrons. The zero-order valence-corrected chi connectivity index (χ0v) is 14.0. The molecular formula is C14H16ClNO3S2. The predicted octanol–water partition coefficient (Wildman–Crippen LogP) is 3.24. The molecule has 1 atom stereocenters. The molecule has 2 aromatic rings. The van der Waals surface area contributed by atoms with E-state index in [1.807, 2.05) is 19.1 Å². The maximum Gasteiger partial charge on any atom is 0.241 e. The van der Waals surface area contributed by atoms with Crippen molar-refractivity contribution in [3.63, 3.8) is 0 Å². The van der Waals surface area contributed by atoms with E-state index in [0.717, 1.165) is 9.75 Å². The minimum absolute atomic E-state index is 0.0878. The van der Waals surface area contributed by atoms with Crippen molar-refractivity contribution < 1.29 is 13.5 Å². The third kappa shape index (κ3) is 3.84. The van der Waals surface area contributed by atoms with Gasteiger partial charge in [-0.1, -0.05) is 17.7 Å². The maximum absolute atomic E-state index is 12.3. The summed E-state index contributed by atoms with van der Waals surface area (Å²) in [6.45, 7) is 3.55. The van der Waals surface area contributed by atoms with Gasteiger partial charge in [-0.15, -0.1) is 11.3 Å². The Morgan fingerprint density at radius 3 is 2.57 bits per heavy atom. The molecule has 0 aliphatic carbocycles. The number of halogens is 1. The number of rotatable bonds is 5. The van der Waals surface area contributed by atoms with Crippen LogP contribution in [0.2, 0.25) is 5.02 Å². The topological polar surface area (TPSA) is 66.4 Å². The molecule has 1 aromatic carbocycles. The molecule has 7 heteroatoms. The second-order valence-corrected chi connectivity index (χ2v) is 8.14. The van der Waals surface area contributed by atoms with Crippen molar-refractivity contribution in [1.29, 1.82) is 0 Å². The number of hydrogen-bond acceptors (Lipinski definition) is 4. The van der Waals surface area contributed by atoms with Gasteiger partial charge in [0.15, 0.2) is 0 Å². The lowest BCUT2D eigenvalue weighted by atomic mass is 10.2. The van der Waals surface area contributed by atoms with Crippen LogP contribution in [0.15, 0.2) is 35.2 Å². The first-order valence-corrected chi connectivity index (χ1v) is 8.99. The zero-order valence-electron chi connectivity index (χ0n) is 11.6. The fraction of sp³-hybridized carbons (Fsp3) is 0.286. The summed E-state index contributed by atoms with van der Waals surface area (Å²) in [6.07, 6.45) is 0. The number of benzene rings is 1. The van der Waals surface area contributed by atoms with Gasteiger partial charge in [-0.05, 0) is 43.7 Å². The molecule has 21 heavy (non-hydrogen) atoms. The fourth-order valence-electron chi connectivity index (χ4n) is 1.87. The number of aliphatic hydroxyl groups excluding tert-OH is 1. The second-order valence-electron chi connectivity index (χ2n) is 4.70. The van der Waals surface area contributed by atoms with Gasteiger partial charge in [-0.2, -0.15) is 0 Å². The summed E-state index contributed by atoms with van der Waals surface area (Å²) in [6, 6.07) is 7.85. The van der Waals surface area contributed by atoms with Gasteiger partial charge in [0, 0.05) is 14.8 Å². The number of hydrogen-bond donors (Lipinski definition) is 2. The Morgan fingerprint density at radius 2 is 2.05 bits per heavy atom. The third-order valence-corrected chi connectivity index (χ3v) is 6.10. The third-order valence-electron chi connectivity index (χ3n) is 3.03. The highest BCUT2D eigenvalue weighted by molar-refractivity contribution is 7.89. The van der Waals surface area contributed by atoms with Crippen LogP contribution in [0.3, 0.4) is 0 Å². The van der Waals surface area contributed by atoms with Gasteiger partial charge in [-0.25, -0.2) is 13.1 Å². The molecule has 0 bridgehead atoms. The monoisotopic (exact) mass is 345 g/mol. The summed E-state index contributed by atoms with van der Waals surface area (Å²) in [5.74, 6) is 0. The first-order chi connectivity index (χ1) is 9.83. The first kappa shape index (κ1) is 16.5. The van der Waals surface area contributed by atoms with E-state index in [9.17, 15) is 8.42 Å². The molecule has 4 nitrogen and oxygen atoms in total. The number of aliphatic hydroxyl groups is 1. The highest BCUT2D eigenvalue weighted by Gasteiger charge is 2.20. The van der Waals surface area contributed by atoms with Gasteiger partial charge < -0.3 is 5.11 Å². The van der Waals surface area contributed by atoms with Crippen molar-refractivity contribution in [3.05, 3.63) is 50.7 Å². The fourth-order valence-corrected chi connectivity index (χ4v) is 4.38. The van der Waals surface area contributed by atoms with Crippen molar-refractivity contribution in [2.75, 3.05) is 0 Å². The molecule has 0 saturated heterocycles. The first-order valence-electron chi connectivity index (χ1n) is 6.31. The Bertz CT molecular complexity index is 740. The number of aryl methyl sites for hydroxylation is 1. The van der Waals surface area contributed by atoms with Gasteiger partial charge >= 0.3 is 0 Å². The molecule has 1 heterocycles. The van der Waals surface area contributed by atoms with Crippen molar-refractivity contribution in [2.24, 2.45) is 0 Å². The van der Waals surface area contributed by atoms with Crippen molar-refractivity contribution in [3.8, 4) is 0 Å². The lowest BCUT2D eigenvalue weighted by Crippen LogP contribution is -2.26. The molecule has 1 unspecified atom stereocenters. The van der Waals surface area contributed by atoms with Crippen LogP contribution in [-0.4, -0.2) is 13.5 Å². The average Bonchev–Trinajstić information content (AvgIpc) is 2.85. The van der Waals surface area contributed by atoms with Crippen LogP contribution in [0.4, 0.5) is 0 Å². The maximum atomic E-state index is 12.3. The molecule has 0 amide bonds. The van der Waals surface area contributed by atoms with Crippen LogP contribution in [0.5, 0.6) is 0 Å². The van der Waals surface area contributed by atoms with Crippen molar-refractivity contribution >= 4 is 33.0 Å². The standard InChI is InChI=1S/C14H16ClNO3S2/c1-9-3-6-14(20-9)10(2)16-21(18,19)12-5-4-11(8-17)13(15)7-12/h3-7,10,16-17H,8H2,1-2H3. The Balaban J connectivity index is 2.24. The highest BCUT2D eigenvalue weighted by atomic mass is 35.5. The van der Waals surface area contributed by atoms with Crippen LogP contribution in [0, 0.1) is 6.92 Å². The SMILES string of the molecule is Cc1ccc(C(C)NS(=O)(=O)c2ccc(CO)c(Cl)c2)s1. The van der Waals surface area contributed by atoms with Crippen molar-refractivity contribution in [2.45, 2.75) is 31.4 Å². The summed E-state index contributed by atoms with van der Waals surface area (Å²) in [5, 5.41) is 9.30. The quantitative estimate of drug-likeness (QED) is 0.874. The van der Waals surface area contributed by atoms with Crippen LogP contribution in [0.1, 0.15) is 28.3 Å². The predicted molar refractivity (Wildman–Crippen MR) is 85.2 cm³/mol. The number of sulfonamides is 1. The summed E-state index contributed by atoms with van der Waals surface area (Å²) < 4.78 is 27.3. The lowest BCUT2D eigenvalue weighted by molar-refractivity contribution is 0.282. The van der Waals surface area contributed by atoms with E-state index in [2.05, 4.69) is 4.72 Å². The molecule has 114 valence electrons. The molecule has 0 spiro atoms. The summed E-state index contributed by atoms with van der Waals surface area (Å²) in [4.78, 5) is 2.17. The van der Waals surface area contributed by atoms with Crippen LogP contribution >= 0.6 is 22.9 Å². The van der Waals surface area contributed by atoms with Crippen LogP contribution in [0.25, 0.3) is 0 Å². The molecule has 2 N–H and O–H groups in total. The van der Waals surface area contributed by atoms with Gasteiger partial charge in [-0.3, -0.25) is 0 Å². The van der Waals surface area contributed by atoms with E-state index < -0.39 is 10.0 Å². The minimum atomic E-state index is -3.66. The summed E-state index contributed by atoms with van der Waals surface area (Å²) in [5.41, 5.74) is 0.498. The largest absolute Gasteiger partial charge is 0.392 e. The van der Waals surface area contributed by atoms with E-state index in [4.69, 9.17) is 16.7 Å². The van der Waals surface area contributed by atoms with Gasteiger partial charge in [0.05, 0.1) is 17.5 Å². The Morgan fingerprint density at radius 1 is 1.33 bits per heavy atom. The van der Waals surface area contributed by atoms with Crippen LogP contribution < -0.4 is 4.72 Å². The van der Waals surface area contributed by atoms with Gasteiger partial charge in [0.25, 0.3) is 0 Å². The summed E-state index contributed by atoms with van der Waals surface area (Å²) >= 11 is 7.50. The van der Waals surface area contributed by atoms with Gasteiger partial charge in [0.1, 0.15) is 0 Å². The average molecular weight is 346 g/mol. The minimum Gasteiger partial charge on any atom is -0.392 e. The van der Waals surface area contributed by atoms with Gasteiger partial charge in [0.2, 0.25) is 10.0 Å². The second kappa shape index (κ2) is 6.46. The number of nitrogens with one attached hydrogen (secondary N) is 1. The Hall–Kier alpha value is -0.920. The molecule has 1 aromatic heterocycles. The van der Waals surface area contributed by atoms with Crippen molar-refractivity contribution in [1.82, 2.24) is 4.72 Å². The van der Waals surface area contributed by atoms with E-state index in [0.29, 0.717) is 5.56 Å². The normalized spacial score (nSPS) is 13.3. The smallest absolute Gasteiger partial charge is 0.241 e. The Kier molecular flexibility index (Phi) is 5.06. The van der Waals surface area contributed by atoms with E-state index >= 15 is 0 Å². The van der Waals surface area contributed by atoms with Crippen LogP contribution in [-0.2, 0) is 16.6 Å². The highest BCUT2D eigenvalue weighted by Crippen LogP contribution is 2.25. The molecule has 0 saturated carbocycles. The molecular weight excluding hydrogens is 330 g/mol. The molecule has 0 fully saturated rings. The van der Waals surface area contributed by atoms with E-state index in [-0.39, 0.29) is 22.6 Å². The number of thiophene rings is 1. The molecule has 2 rings (SSSR count). The van der Waals surface area contributed by atoms with E-state index in [1.165, 1.54) is 18.2 Å². The summed E-state index contributed by atoms with van der Waals surface area (Å²) in [7, 11) is -3.66. The molecule has 0 aliphatic rings. The lowest BCUT2D eigenvalue weighted by Gasteiger charge is -2.13.